The maximum absolute atomic E-state index is 10.6. The first-order valence-corrected chi connectivity index (χ1v) is 3.27. The van der Waals surface area contributed by atoms with Crippen molar-refractivity contribution in [2.24, 2.45) is 0 Å². The van der Waals surface area contributed by atoms with Crippen LogP contribution in [0.5, 0.6) is 0 Å². The van der Waals surface area contributed by atoms with Crippen LogP contribution in [0.3, 0.4) is 0 Å². The molecule has 0 aromatic carbocycles. The molecule has 5 heteroatoms. The predicted octanol–water partition coefficient (Wildman–Crippen LogP) is 0.164. The van der Waals surface area contributed by atoms with Gasteiger partial charge in [0.05, 0.1) is 19.8 Å². The second-order valence-electron chi connectivity index (χ2n) is 1.77. The van der Waals surface area contributed by atoms with Crippen LogP contribution in [0.15, 0.2) is 11.8 Å². The van der Waals surface area contributed by atoms with Gasteiger partial charge in [-0.1, -0.05) is 0 Å². The lowest BCUT2D eigenvalue weighted by Gasteiger charge is -1.98. The molecule has 0 saturated heterocycles. The third-order valence-electron chi connectivity index (χ3n) is 0.940. The molecule has 0 atom stereocenters. The van der Waals surface area contributed by atoms with Gasteiger partial charge in [0.1, 0.15) is 0 Å². The van der Waals surface area contributed by atoms with E-state index in [1.54, 1.807) is 6.92 Å². The summed E-state index contributed by atoms with van der Waals surface area (Å²) in [5.74, 6) is -2.51. The lowest BCUT2D eigenvalue weighted by Crippen LogP contribution is -2.09. The lowest BCUT2D eigenvalue weighted by atomic mass is 10.4. The van der Waals surface area contributed by atoms with Gasteiger partial charge >= 0.3 is 11.9 Å². The number of aliphatic hydroxyl groups is 1. The van der Waals surface area contributed by atoms with Gasteiger partial charge in [-0.15, -0.1) is 0 Å². The number of ether oxygens (including phenoxy) is 2. The summed E-state index contributed by atoms with van der Waals surface area (Å²) >= 11 is 0. The van der Waals surface area contributed by atoms with Gasteiger partial charge in [0.2, 0.25) is 5.76 Å². The average Bonchev–Trinajstić information content (AvgIpc) is 2.04. The smallest absolute Gasteiger partial charge is 0.373 e. The van der Waals surface area contributed by atoms with E-state index in [0.717, 1.165) is 7.11 Å². The molecule has 0 radical (unpaired) electrons. The zero-order valence-corrected chi connectivity index (χ0v) is 6.86. The minimum absolute atomic E-state index is 0.137. The Bertz CT molecular complexity index is 206. The van der Waals surface area contributed by atoms with Crippen molar-refractivity contribution in [3.8, 4) is 0 Å². The molecule has 0 amide bonds. The molecular weight excluding hydrogens is 164 g/mol. The van der Waals surface area contributed by atoms with Crippen molar-refractivity contribution in [3.05, 3.63) is 11.8 Å². The minimum atomic E-state index is -0.942. The van der Waals surface area contributed by atoms with E-state index in [2.05, 4.69) is 9.47 Å². The lowest BCUT2D eigenvalue weighted by molar-refractivity contribution is -0.143. The average molecular weight is 174 g/mol. The SMILES string of the molecule is CCOC(=O)/C(O)=C/C(=O)OC. The fraction of sp³-hybridized carbons (Fsp3) is 0.429. The third-order valence-corrected chi connectivity index (χ3v) is 0.940. The Balaban J connectivity index is 4.17. The van der Waals surface area contributed by atoms with Crippen LogP contribution in [0.4, 0.5) is 0 Å². The first-order valence-electron chi connectivity index (χ1n) is 3.27. The highest BCUT2D eigenvalue weighted by Crippen LogP contribution is 1.93. The summed E-state index contributed by atoms with van der Waals surface area (Å²) in [6.45, 7) is 1.72. The molecule has 0 aromatic rings. The summed E-state index contributed by atoms with van der Waals surface area (Å²) in [7, 11) is 1.14. The molecule has 0 aliphatic heterocycles. The molecule has 0 fully saturated rings. The number of hydrogen-bond acceptors (Lipinski definition) is 5. The summed E-state index contributed by atoms with van der Waals surface area (Å²) < 4.78 is 8.55. The van der Waals surface area contributed by atoms with E-state index < -0.39 is 17.7 Å². The zero-order valence-electron chi connectivity index (χ0n) is 6.86. The number of rotatable bonds is 3. The molecule has 0 heterocycles. The van der Waals surface area contributed by atoms with E-state index in [1.807, 2.05) is 0 Å². The predicted molar refractivity (Wildman–Crippen MR) is 39.4 cm³/mol. The van der Waals surface area contributed by atoms with E-state index >= 15 is 0 Å². The normalized spacial score (nSPS) is 10.7. The molecule has 68 valence electrons. The van der Waals surface area contributed by atoms with Crippen molar-refractivity contribution in [3.63, 3.8) is 0 Å². The summed E-state index contributed by atoms with van der Waals surface area (Å²) in [5, 5.41) is 8.84. The monoisotopic (exact) mass is 174 g/mol. The summed E-state index contributed by atoms with van der Waals surface area (Å²) in [6, 6.07) is 0. The van der Waals surface area contributed by atoms with E-state index in [4.69, 9.17) is 5.11 Å². The number of carbonyl (C=O) groups excluding carboxylic acids is 2. The van der Waals surface area contributed by atoms with Gasteiger partial charge in [-0.25, -0.2) is 9.59 Å². The van der Waals surface area contributed by atoms with E-state index in [9.17, 15) is 9.59 Å². The highest BCUT2D eigenvalue weighted by Gasteiger charge is 2.09. The second-order valence-corrected chi connectivity index (χ2v) is 1.77. The Morgan fingerprint density at radius 2 is 2.08 bits per heavy atom. The van der Waals surface area contributed by atoms with Crippen LogP contribution in [0.2, 0.25) is 0 Å². The Morgan fingerprint density at radius 3 is 2.50 bits per heavy atom. The zero-order chi connectivity index (χ0) is 9.56. The standard InChI is InChI=1S/C7H10O5/c1-3-12-7(10)5(8)4-6(9)11-2/h4,8H,3H2,1-2H3/b5-4-. The van der Waals surface area contributed by atoms with Gasteiger partial charge in [-0.05, 0) is 6.92 Å². The fourth-order valence-electron chi connectivity index (χ4n) is 0.435. The van der Waals surface area contributed by atoms with Crippen LogP contribution in [0, 0.1) is 0 Å². The number of hydrogen-bond donors (Lipinski definition) is 1. The van der Waals surface area contributed by atoms with Crippen LogP contribution in [-0.2, 0) is 19.1 Å². The van der Waals surface area contributed by atoms with Gasteiger partial charge in [0.25, 0.3) is 0 Å². The van der Waals surface area contributed by atoms with Crippen LogP contribution in [0.25, 0.3) is 0 Å². The fourth-order valence-corrected chi connectivity index (χ4v) is 0.435. The van der Waals surface area contributed by atoms with Crippen LogP contribution in [0.1, 0.15) is 6.92 Å². The Kier molecular flexibility index (Phi) is 4.52. The second kappa shape index (κ2) is 5.17. The molecule has 0 bridgehead atoms. The van der Waals surface area contributed by atoms with Crippen molar-refractivity contribution < 1.29 is 24.2 Å². The van der Waals surface area contributed by atoms with Crippen molar-refractivity contribution in [1.29, 1.82) is 0 Å². The summed E-state index contributed by atoms with van der Waals surface area (Å²) in [5.41, 5.74) is 0. The Labute approximate surface area is 69.6 Å². The maximum atomic E-state index is 10.6. The van der Waals surface area contributed by atoms with Crippen molar-refractivity contribution in [2.45, 2.75) is 6.92 Å². The van der Waals surface area contributed by atoms with E-state index in [1.165, 1.54) is 0 Å². The van der Waals surface area contributed by atoms with Gasteiger partial charge in [0.15, 0.2) is 0 Å². The quantitative estimate of drug-likeness (QED) is 0.375. The van der Waals surface area contributed by atoms with Crippen LogP contribution in [-0.4, -0.2) is 30.8 Å². The molecular formula is C7H10O5. The highest BCUT2D eigenvalue weighted by molar-refractivity contribution is 5.94. The maximum Gasteiger partial charge on any atom is 0.373 e. The van der Waals surface area contributed by atoms with Crippen LogP contribution >= 0.6 is 0 Å². The minimum Gasteiger partial charge on any atom is -0.502 e. The van der Waals surface area contributed by atoms with Crippen molar-refractivity contribution in [1.82, 2.24) is 0 Å². The van der Waals surface area contributed by atoms with Crippen LogP contribution < -0.4 is 0 Å². The molecule has 0 rings (SSSR count). The molecule has 0 aromatic heterocycles. The molecule has 0 unspecified atom stereocenters. The number of carbonyl (C=O) groups is 2. The molecule has 0 saturated carbocycles. The highest BCUT2D eigenvalue weighted by atomic mass is 16.5. The summed E-state index contributed by atoms with van der Waals surface area (Å²) in [6.07, 6.45) is 0.651. The van der Waals surface area contributed by atoms with Gasteiger partial charge < -0.3 is 14.6 Å². The van der Waals surface area contributed by atoms with Gasteiger partial charge in [0, 0.05) is 0 Å². The van der Waals surface area contributed by atoms with Crippen molar-refractivity contribution in [2.75, 3.05) is 13.7 Å². The third kappa shape index (κ3) is 3.60. The Morgan fingerprint density at radius 1 is 1.50 bits per heavy atom. The molecule has 0 spiro atoms. The largest absolute Gasteiger partial charge is 0.502 e. The number of esters is 2. The molecule has 12 heavy (non-hydrogen) atoms. The van der Waals surface area contributed by atoms with E-state index in [-0.39, 0.29) is 6.61 Å². The van der Waals surface area contributed by atoms with Gasteiger partial charge in [-0.3, -0.25) is 0 Å². The van der Waals surface area contributed by atoms with Crippen molar-refractivity contribution >= 4 is 11.9 Å². The van der Waals surface area contributed by atoms with Gasteiger partial charge in [-0.2, -0.15) is 0 Å². The Hall–Kier alpha value is -1.52. The number of methoxy groups -OCH3 is 1. The summed E-state index contributed by atoms with van der Waals surface area (Å²) in [4.78, 5) is 21.1. The topological polar surface area (TPSA) is 72.8 Å². The first-order chi connectivity index (χ1) is 5.61. The molecule has 0 aliphatic carbocycles. The molecule has 0 aliphatic rings. The first kappa shape index (κ1) is 10.5. The molecule has 5 nitrogen and oxygen atoms in total. The van der Waals surface area contributed by atoms with E-state index in [0.29, 0.717) is 6.08 Å². The molecule has 1 N–H and O–H groups in total. The number of aliphatic hydroxyl groups excluding tert-OH is 1.